The van der Waals surface area contributed by atoms with E-state index in [9.17, 15) is 9.59 Å². The number of carbonyl (C=O) groups excluding carboxylic acids is 2. The van der Waals surface area contributed by atoms with Crippen molar-refractivity contribution in [2.45, 2.75) is 46.1 Å². The summed E-state index contributed by atoms with van der Waals surface area (Å²) in [4.78, 5) is 32.1. The summed E-state index contributed by atoms with van der Waals surface area (Å²) in [5.41, 5.74) is 3.37. The van der Waals surface area contributed by atoms with Gasteiger partial charge in [-0.1, -0.05) is 68.4 Å². The van der Waals surface area contributed by atoms with E-state index < -0.39 is 17.8 Å². The number of esters is 1. The Labute approximate surface area is 247 Å². The molecule has 0 bridgehead atoms. The minimum absolute atomic E-state index is 0.0645. The highest BCUT2D eigenvalue weighted by molar-refractivity contribution is 6.12. The lowest BCUT2D eigenvalue weighted by molar-refractivity contribution is -0.140. The first-order valence-electron chi connectivity index (χ1n) is 14.3. The average molecular weight is 568 g/mol. The van der Waals surface area contributed by atoms with Crippen LogP contribution in [0.25, 0.3) is 0 Å². The third-order valence-corrected chi connectivity index (χ3v) is 7.70. The van der Waals surface area contributed by atoms with E-state index in [-0.39, 0.29) is 24.4 Å². The zero-order valence-electron chi connectivity index (χ0n) is 24.6. The molecule has 1 heterocycles. The maximum absolute atomic E-state index is 13.7. The Morgan fingerprint density at radius 2 is 1.60 bits per heavy atom. The van der Waals surface area contributed by atoms with E-state index in [4.69, 9.17) is 23.9 Å². The van der Waals surface area contributed by atoms with Crippen LogP contribution in [0.2, 0.25) is 0 Å². The van der Waals surface area contributed by atoms with Crippen molar-refractivity contribution in [1.29, 1.82) is 0 Å². The van der Waals surface area contributed by atoms with Gasteiger partial charge in [0.25, 0.3) is 0 Å². The minimum atomic E-state index is -0.555. The van der Waals surface area contributed by atoms with E-state index >= 15 is 0 Å². The van der Waals surface area contributed by atoms with Crippen LogP contribution in [0.5, 0.6) is 17.2 Å². The molecule has 42 heavy (non-hydrogen) atoms. The summed E-state index contributed by atoms with van der Waals surface area (Å²) >= 11 is 0. The lowest BCUT2D eigenvalue weighted by Gasteiger charge is -2.41. The van der Waals surface area contributed by atoms with Crippen molar-refractivity contribution in [2.75, 3.05) is 20.3 Å². The molecule has 2 aliphatic rings. The van der Waals surface area contributed by atoms with Gasteiger partial charge in [0.05, 0.1) is 18.6 Å². The monoisotopic (exact) mass is 567 g/mol. The van der Waals surface area contributed by atoms with Gasteiger partial charge in [0.15, 0.2) is 11.5 Å². The third kappa shape index (κ3) is 6.56. The minimum Gasteiger partial charge on any atom is -0.493 e. The highest BCUT2D eigenvalue weighted by Gasteiger charge is 2.47. The molecule has 5 rings (SSSR count). The van der Waals surface area contributed by atoms with Crippen LogP contribution in [0.1, 0.15) is 50.7 Å². The molecule has 1 aliphatic carbocycles. The Morgan fingerprint density at radius 1 is 0.881 bits per heavy atom. The molecule has 218 valence electrons. The standard InChI is InChI=1S/C35H37NO6/c1-23-31(34(38)41-18-17-40-26-13-9-6-10-14-26)32(33-27(36-23)20-35(2,3)21-28(33)37)25-15-16-29(30(19-25)39-4)42-22-24-11-7-5-8-12-24/h5-16,19,32-33H,17-18,20-22H2,1-4H3. The van der Waals surface area contributed by atoms with Gasteiger partial charge in [-0.3, -0.25) is 9.79 Å². The summed E-state index contributed by atoms with van der Waals surface area (Å²) in [7, 11) is 1.58. The van der Waals surface area contributed by atoms with Crippen molar-refractivity contribution in [3.8, 4) is 17.2 Å². The van der Waals surface area contributed by atoms with E-state index in [2.05, 4.69) is 13.8 Å². The van der Waals surface area contributed by atoms with Crippen LogP contribution in [0.15, 0.2) is 95.1 Å². The van der Waals surface area contributed by atoms with Crippen molar-refractivity contribution < 1.29 is 28.5 Å². The summed E-state index contributed by atoms with van der Waals surface area (Å²) in [5.74, 6) is 0.269. The fraction of sp³-hybridized carbons (Fsp3) is 0.343. The molecule has 2 atom stereocenters. The second kappa shape index (κ2) is 12.6. The van der Waals surface area contributed by atoms with Crippen LogP contribution < -0.4 is 14.2 Å². The molecule has 1 fully saturated rings. The van der Waals surface area contributed by atoms with E-state index in [0.29, 0.717) is 48.0 Å². The molecule has 0 amide bonds. The molecule has 1 aliphatic heterocycles. The maximum atomic E-state index is 13.7. The first-order valence-corrected chi connectivity index (χ1v) is 14.3. The van der Waals surface area contributed by atoms with E-state index in [0.717, 1.165) is 16.8 Å². The Hall–Kier alpha value is -4.39. The zero-order valence-corrected chi connectivity index (χ0v) is 24.6. The van der Waals surface area contributed by atoms with Crippen LogP contribution in [-0.2, 0) is 20.9 Å². The van der Waals surface area contributed by atoms with E-state index in [1.165, 1.54) is 0 Å². The Morgan fingerprint density at radius 3 is 2.31 bits per heavy atom. The van der Waals surface area contributed by atoms with E-state index in [1.54, 1.807) is 7.11 Å². The average Bonchev–Trinajstić information content (AvgIpc) is 2.97. The number of fused-ring (bicyclic) bond motifs is 1. The number of benzene rings is 3. The van der Waals surface area contributed by atoms with Crippen LogP contribution in [0.4, 0.5) is 0 Å². The molecule has 2 unspecified atom stereocenters. The van der Waals surface area contributed by atoms with Gasteiger partial charge < -0.3 is 18.9 Å². The highest BCUT2D eigenvalue weighted by Crippen LogP contribution is 2.48. The summed E-state index contributed by atoms with van der Waals surface area (Å²) in [6.45, 7) is 6.63. The molecule has 3 aromatic carbocycles. The summed E-state index contributed by atoms with van der Waals surface area (Å²) in [6.07, 6.45) is 1.09. The Balaban J connectivity index is 1.43. The highest BCUT2D eigenvalue weighted by atomic mass is 16.6. The van der Waals surface area contributed by atoms with Crippen LogP contribution >= 0.6 is 0 Å². The lowest BCUT2D eigenvalue weighted by Crippen LogP contribution is -2.44. The Bertz CT molecular complexity index is 1490. The number of rotatable bonds is 10. The molecular weight excluding hydrogens is 530 g/mol. The van der Waals surface area contributed by atoms with Gasteiger partial charge in [0.2, 0.25) is 0 Å². The lowest BCUT2D eigenvalue weighted by atomic mass is 9.63. The summed E-state index contributed by atoms with van der Waals surface area (Å²) in [6, 6.07) is 24.9. The van der Waals surface area contributed by atoms with Crippen molar-refractivity contribution >= 4 is 17.5 Å². The number of allylic oxidation sites excluding steroid dienone is 1. The number of aliphatic imine (C=N–C) groups is 1. The topological polar surface area (TPSA) is 83.4 Å². The molecule has 0 aromatic heterocycles. The van der Waals surface area contributed by atoms with Crippen LogP contribution in [-0.4, -0.2) is 37.8 Å². The molecule has 0 N–H and O–H groups in total. The van der Waals surface area contributed by atoms with Gasteiger partial charge in [0, 0.05) is 23.7 Å². The second-order valence-electron chi connectivity index (χ2n) is 11.5. The molecule has 7 heteroatoms. The molecule has 0 spiro atoms. The number of Topliss-reactive ketones (excluding diaryl/α,β-unsaturated/α-hetero) is 1. The molecule has 3 aromatic rings. The molecule has 0 saturated heterocycles. The van der Waals surface area contributed by atoms with Crippen molar-refractivity contribution in [2.24, 2.45) is 16.3 Å². The number of para-hydroxylation sites is 1. The number of ketones is 1. The molecule has 1 saturated carbocycles. The predicted octanol–water partition coefficient (Wildman–Crippen LogP) is 6.71. The summed E-state index contributed by atoms with van der Waals surface area (Å²) < 4.78 is 23.2. The quantitative estimate of drug-likeness (QED) is 0.200. The zero-order chi connectivity index (χ0) is 29.7. The number of ether oxygens (including phenoxy) is 4. The van der Waals surface area contributed by atoms with Gasteiger partial charge in [-0.05, 0) is 54.2 Å². The fourth-order valence-electron chi connectivity index (χ4n) is 5.84. The largest absolute Gasteiger partial charge is 0.493 e. The summed E-state index contributed by atoms with van der Waals surface area (Å²) in [5, 5.41) is 0. The normalized spacial score (nSPS) is 19.4. The van der Waals surface area contributed by atoms with Gasteiger partial charge in [0.1, 0.15) is 31.4 Å². The first kappa shape index (κ1) is 29.1. The number of hydrogen-bond donors (Lipinski definition) is 0. The number of nitrogens with zero attached hydrogens (tertiary/aromatic N) is 1. The maximum Gasteiger partial charge on any atom is 0.336 e. The predicted molar refractivity (Wildman–Crippen MR) is 161 cm³/mol. The first-order chi connectivity index (χ1) is 20.3. The van der Waals surface area contributed by atoms with Gasteiger partial charge >= 0.3 is 5.97 Å². The van der Waals surface area contributed by atoms with Gasteiger partial charge in [-0.2, -0.15) is 0 Å². The number of carbonyl (C=O) groups is 2. The SMILES string of the molecule is COc1cc(C2C(C(=O)OCCOc3ccccc3)=C(C)N=C3CC(C)(C)CC(=O)C32)ccc1OCc1ccccc1. The van der Waals surface area contributed by atoms with Crippen molar-refractivity contribution in [3.05, 3.63) is 101 Å². The molecular formula is C35H37NO6. The fourth-order valence-corrected chi connectivity index (χ4v) is 5.84. The van der Waals surface area contributed by atoms with Crippen molar-refractivity contribution in [1.82, 2.24) is 0 Å². The smallest absolute Gasteiger partial charge is 0.336 e. The molecule has 0 radical (unpaired) electrons. The molecule has 7 nitrogen and oxygen atoms in total. The van der Waals surface area contributed by atoms with E-state index in [1.807, 2.05) is 85.8 Å². The van der Waals surface area contributed by atoms with Crippen LogP contribution in [0.3, 0.4) is 0 Å². The Kier molecular flexibility index (Phi) is 8.76. The van der Waals surface area contributed by atoms with Gasteiger partial charge in [-0.15, -0.1) is 0 Å². The number of methoxy groups -OCH3 is 1. The third-order valence-electron chi connectivity index (χ3n) is 7.70. The van der Waals surface area contributed by atoms with Crippen LogP contribution in [0, 0.1) is 11.3 Å². The number of hydrogen-bond acceptors (Lipinski definition) is 7. The van der Waals surface area contributed by atoms with Gasteiger partial charge in [-0.25, -0.2) is 4.79 Å². The van der Waals surface area contributed by atoms with Crippen molar-refractivity contribution in [3.63, 3.8) is 0 Å². The second-order valence-corrected chi connectivity index (χ2v) is 11.5.